The molecule has 2 aromatic rings. The Bertz CT molecular complexity index is 884. The highest BCUT2D eigenvalue weighted by molar-refractivity contribution is 8.26. The largest absolute Gasteiger partial charge is 0.324 e. The zero-order valence-corrected chi connectivity index (χ0v) is 15.7. The standard InChI is InChI=1S/C16H10ClFN2O2S3/c17-11-6-9(3-4-12(11)18)19-14(21)8-20-15(22)13(25-16(20)23)7-10-2-1-5-24-10/h1-7H,8H2,(H,19,21). The van der Waals surface area contributed by atoms with Gasteiger partial charge in [0.1, 0.15) is 16.7 Å². The molecule has 3 rings (SSSR count). The SMILES string of the molecule is O=C(CN1C(=O)C(=Cc2cccs2)SC1=S)Nc1ccc(F)c(Cl)c1. The Morgan fingerprint density at radius 2 is 2.20 bits per heavy atom. The molecule has 1 aromatic heterocycles. The number of thioether (sulfide) groups is 1. The first-order valence-electron chi connectivity index (χ1n) is 6.98. The van der Waals surface area contributed by atoms with E-state index in [2.05, 4.69) is 5.32 Å². The van der Waals surface area contributed by atoms with Crippen molar-refractivity contribution in [3.05, 3.63) is 56.3 Å². The average Bonchev–Trinajstić information content (AvgIpc) is 3.15. The number of hydrogen-bond acceptors (Lipinski definition) is 5. The first kappa shape index (κ1) is 18.1. The van der Waals surface area contributed by atoms with Gasteiger partial charge in [0.15, 0.2) is 0 Å². The molecule has 1 fully saturated rings. The Hall–Kier alpha value is -1.74. The van der Waals surface area contributed by atoms with Crippen molar-refractivity contribution in [3.63, 3.8) is 0 Å². The van der Waals surface area contributed by atoms with Crippen molar-refractivity contribution >= 4 is 74.8 Å². The van der Waals surface area contributed by atoms with Gasteiger partial charge in [-0.15, -0.1) is 11.3 Å². The van der Waals surface area contributed by atoms with Gasteiger partial charge in [-0.1, -0.05) is 41.6 Å². The summed E-state index contributed by atoms with van der Waals surface area (Å²) in [5.41, 5.74) is 0.343. The number of amides is 2. The lowest BCUT2D eigenvalue weighted by Gasteiger charge is -2.14. The minimum absolute atomic E-state index is 0.0951. The molecule has 1 aliphatic rings. The highest BCUT2D eigenvalue weighted by Gasteiger charge is 2.33. The predicted molar refractivity (Wildman–Crippen MR) is 104 cm³/mol. The van der Waals surface area contributed by atoms with Crippen molar-refractivity contribution in [3.8, 4) is 0 Å². The van der Waals surface area contributed by atoms with E-state index in [1.54, 1.807) is 6.08 Å². The molecule has 1 N–H and O–H groups in total. The fraction of sp³-hybridized carbons (Fsp3) is 0.0625. The summed E-state index contributed by atoms with van der Waals surface area (Å²) in [4.78, 5) is 27.2. The summed E-state index contributed by atoms with van der Waals surface area (Å²) in [6.45, 7) is -0.221. The van der Waals surface area contributed by atoms with Gasteiger partial charge in [0.25, 0.3) is 5.91 Å². The van der Waals surface area contributed by atoms with Gasteiger partial charge in [0.05, 0.1) is 9.93 Å². The van der Waals surface area contributed by atoms with Crippen LogP contribution in [0.4, 0.5) is 10.1 Å². The van der Waals surface area contributed by atoms with Gasteiger partial charge in [-0.05, 0) is 35.7 Å². The van der Waals surface area contributed by atoms with E-state index in [4.69, 9.17) is 23.8 Å². The van der Waals surface area contributed by atoms with Gasteiger partial charge in [0, 0.05) is 10.6 Å². The monoisotopic (exact) mass is 412 g/mol. The number of nitrogens with one attached hydrogen (secondary N) is 1. The number of rotatable bonds is 4. The van der Waals surface area contributed by atoms with Gasteiger partial charge >= 0.3 is 0 Å². The van der Waals surface area contributed by atoms with Crippen LogP contribution in [0.15, 0.2) is 40.6 Å². The molecule has 4 nitrogen and oxygen atoms in total. The van der Waals surface area contributed by atoms with Crippen molar-refractivity contribution in [2.75, 3.05) is 11.9 Å². The smallest absolute Gasteiger partial charge is 0.266 e. The maximum Gasteiger partial charge on any atom is 0.266 e. The van der Waals surface area contributed by atoms with Crippen LogP contribution >= 0.6 is 46.9 Å². The molecule has 128 valence electrons. The molecule has 9 heteroatoms. The first-order valence-corrected chi connectivity index (χ1v) is 9.46. The number of anilines is 1. The van der Waals surface area contributed by atoms with E-state index in [0.29, 0.717) is 14.9 Å². The lowest BCUT2D eigenvalue weighted by atomic mass is 10.3. The van der Waals surface area contributed by atoms with Crippen LogP contribution in [0.2, 0.25) is 5.02 Å². The Labute approximate surface area is 161 Å². The summed E-state index contributed by atoms with van der Waals surface area (Å²) >= 11 is 13.5. The lowest BCUT2D eigenvalue weighted by molar-refractivity contribution is -0.126. The molecule has 0 spiro atoms. The van der Waals surface area contributed by atoms with Gasteiger partial charge in [-0.25, -0.2) is 4.39 Å². The van der Waals surface area contributed by atoms with E-state index >= 15 is 0 Å². The van der Waals surface area contributed by atoms with Crippen LogP contribution in [0.3, 0.4) is 0 Å². The summed E-state index contributed by atoms with van der Waals surface area (Å²) in [6.07, 6.45) is 1.75. The van der Waals surface area contributed by atoms with Crippen molar-refractivity contribution < 1.29 is 14.0 Å². The maximum atomic E-state index is 13.1. The zero-order valence-electron chi connectivity index (χ0n) is 12.5. The second-order valence-corrected chi connectivity index (χ2v) is 8.02. The molecule has 0 aliphatic carbocycles. The van der Waals surface area contributed by atoms with Crippen LogP contribution in [0.25, 0.3) is 6.08 Å². The summed E-state index contributed by atoms with van der Waals surface area (Å²) in [7, 11) is 0. The molecule has 1 saturated heterocycles. The van der Waals surface area contributed by atoms with Crippen LogP contribution in [0.1, 0.15) is 4.88 Å². The van der Waals surface area contributed by atoms with E-state index in [9.17, 15) is 14.0 Å². The van der Waals surface area contributed by atoms with Crippen LogP contribution < -0.4 is 5.32 Å². The summed E-state index contributed by atoms with van der Waals surface area (Å²) in [5, 5.41) is 4.38. The van der Waals surface area contributed by atoms with Crippen molar-refractivity contribution in [1.29, 1.82) is 0 Å². The third-order valence-electron chi connectivity index (χ3n) is 3.20. The minimum atomic E-state index is -0.574. The average molecular weight is 413 g/mol. The molecular formula is C16H10ClFN2O2S3. The molecule has 25 heavy (non-hydrogen) atoms. The third kappa shape index (κ3) is 4.27. The van der Waals surface area contributed by atoms with Crippen LogP contribution in [0.5, 0.6) is 0 Å². The molecule has 0 atom stereocenters. The van der Waals surface area contributed by atoms with Gasteiger partial charge < -0.3 is 5.32 Å². The molecular weight excluding hydrogens is 403 g/mol. The molecule has 0 bridgehead atoms. The molecule has 2 heterocycles. The van der Waals surface area contributed by atoms with E-state index in [0.717, 1.165) is 22.7 Å². The summed E-state index contributed by atoms with van der Waals surface area (Å²) in [5.74, 6) is -1.33. The molecule has 0 saturated carbocycles. The van der Waals surface area contributed by atoms with E-state index in [-0.39, 0.29) is 17.5 Å². The fourth-order valence-electron chi connectivity index (χ4n) is 2.06. The van der Waals surface area contributed by atoms with Crippen molar-refractivity contribution in [2.45, 2.75) is 0 Å². The Kier molecular flexibility index (Phi) is 5.53. The number of nitrogens with zero attached hydrogens (tertiary/aromatic N) is 1. The van der Waals surface area contributed by atoms with E-state index < -0.39 is 11.7 Å². The van der Waals surface area contributed by atoms with Crippen molar-refractivity contribution in [2.24, 2.45) is 0 Å². The van der Waals surface area contributed by atoms with Gasteiger partial charge in [0.2, 0.25) is 5.91 Å². The quantitative estimate of drug-likeness (QED) is 0.598. The van der Waals surface area contributed by atoms with Gasteiger partial charge in [-0.2, -0.15) is 0 Å². The highest BCUT2D eigenvalue weighted by Crippen LogP contribution is 2.33. The Balaban J connectivity index is 1.67. The van der Waals surface area contributed by atoms with E-state index in [1.165, 1.54) is 28.4 Å². The van der Waals surface area contributed by atoms with Crippen LogP contribution in [-0.2, 0) is 9.59 Å². The number of hydrogen-bond donors (Lipinski definition) is 1. The predicted octanol–water partition coefficient (Wildman–Crippen LogP) is 4.38. The molecule has 1 aromatic carbocycles. The molecule has 0 unspecified atom stereocenters. The first-order chi connectivity index (χ1) is 11.9. The maximum absolute atomic E-state index is 13.1. The number of carbonyl (C=O) groups is 2. The highest BCUT2D eigenvalue weighted by atomic mass is 35.5. The van der Waals surface area contributed by atoms with Gasteiger partial charge in [-0.3, -0.25) is 14.5 Å². The number of benzene rings is 1. The summed E-state index contributed by atoms with van der Waals surface area (Å²) in [6, 6.07) is 7.62. The number of carbonyl (C=O) groups excluding carboxylic acids is 2. The Morgan fingerprint density at radius 1 is 1.40 bits per heavy atom. The third-order valence-corrected chi connectivity index (χ3v) is 5.68. The topological polar surface area (TPSA) is 49.4 Å². The lowest BCUT2D eigenvalue weighted by Crippen LogP contribution is -2.36. The zero-order chi connectivity index (χ0) is 18.0. The van der Waals surface area contributed by atoms with Crippen molar-refractivity contribution in [1.82, 2.24) is 4.90 Å². The number of halogens is 2. The van der Waals surface area contributed by atoms with E-state index in [1.807, 2.05) is 17.5 Å². The fourth-order valence-corrected chi connectivity index (χ4v) is 4.22. The molecule has 0 radical (unpaired) electrons. The normalized spacial score (nSPS) is 15.9. The second-order valence-electron chi connectivity index (χ2n) is 4.96. The van der Waals surface area contributed by atoms with Crippen LogP contribution in [0, 0.1) is 5.82 Å². The molecule has 1 aliphatic heterocycles. The molecule has 2 amide bonds. The second kappa shape index (κ2) is 7.65. The Morgan fingerprint density at radius 3 is 2.88 bits per heavy atom. The minimum Gasteiger partial charge on any atom is -0.324 e. The number of thiocarbonyl (C=S) groups is 1. The summed E-state index contributed by atoms with van der Waals surface area (Å²) < 4.78 is 13.5. The van der Waals surface area contributed by atoms with Crippen LogP contribution in [-0.4, -0.2) is 27.6 Å². The number of thiophene rings is 1.